The van der Waals surface area contributed by atoms with Gasteiger partial charge in [0.2, 0.25) is 0 Å². The van der Waals surface area contributed by atoms with Gasteiger partial charge in [-0.1, -0.05) is 29.5 Å². The topological polar surface area (TPSA) is 12.9 Å². The highest BCUT2D eigenvalue weighted by Gasteiger charge is 2.08. The third kappa shape index (κ3) is 3.07. The molecule has 0 unspecified atom stereocenters. The summed E-state index contributed by atoms with van der Waals surface area (Å²) < 4.78 is 14.3. The minimum absolute atomic E-state index is 0.302. The van der Waals surface area contributed by atoms with Crippen LogP contribution >= 0.6 is 27.7 Å². The SMILES string of the molecule is Cc1ccc(Sc2ncc(Br)cc2F)c(C)c1. The van der Waals surface area contributed by atoms with Crippen LogP contribution in [0.3, 0.4) is 0 Å². The van der Waals surface area contributed by atoms with Crippen LogP contribution in [0.2, 0.25) is 0 Å². The first-order chi connectivity index (χ1) is 8.06. The molecule has 88 valence electrons. The average Bonchev–Trinajstić information content (AvgIpc) is 2.25. The zero-order chi connectivity index (χ0) is 12.4. The Hall–Kier alpha value is -0.870. The monoisotopic (exact) mass is 311 g/mol. The van der Waals surface area contributed by atoms with E-state index in [-0.39, 0.29) is 5.82 Å². The fraction of sp³-hybridized carbons (Fsp3) is 0.154. The van der Waals surface area contributed by atoms with Crippen molar-refractivity contribution in [3.8, 4) is 0 Å². The van der Waals surface area contributed by atoms with E-state index < -0.39 is 0 Å². The zero-order valence-corrected chi connectivity index (χ0v) is 11.9. The number of halogens is 2. The molecule has 0 spiro atoms. The van der Waals surface area contributed by atoms with Crippen molar-refractivity contribution in [3.05, 3.63) is 51.9 Å². The summed E-state index contributed by atoms with van der Waals surface area (Å²) in [7, 11) is 0. The Labute approximate surface area is 113 Å². The minimum Gasteiger partial charge on any atom is -0.245 e. The lowest BCUT2D eigenvalue weighted by Gasteiger charge is -2.06. The van der Waals surface area contributed by atoms with Crippen LogP contribution in [0.5, 0.6) is 0 Å². The van der Waals surface area contributed by atoms with E-state index in [9.17, 15) is 4.39 Å². The first kappa shape index (κ1) is 12.6. The number of aromatic nitrogens is 1. The van der Waals surface area contributed by atoms with Gasteiger partial charge in [-0.15, -0.1) is 0 Å². The summed E-state index contributed by atoms with van der Waals surface area (Å²) in [5.74, 6) is -0.302. The number of hydrogen-bond donors (Lipinski definition) is 0. The van der Waals surface area contributed by atoms with Crippen LogP contribution in [0, 0.1) is 19.7 Å². The molecule has 1 aromatic heterocycles. The molecule has 1 heterocycles. The highest BCUT2D eigenvalue weighted by atomic mass is 79.9. The first-order valence-corrected chi connectivity index (χ1v) is 6.73. The molecule has 2 rings (SSSR count). The normalized spacial score (nSPS) is 10.6. The predicted molar refractivity (Wildman–Crippen MR) is 71.9 cm³/mol. The Bertz CT molecular complexity index is 508. The largest absolute Gasteiger partial charge is 0.245 e. The molecule has 4 heteroatoms. The molecule has 0 amide bonds. The van der Waals surface area contributed by atoms with Crippen molar-refractivity contribution in [3.63, 3.8) is 0 Å². The average molecular weight is 312 g/mol. The van der Waals surface area contributed by atoms with E-state index in [4.69, 9.17) is 0 Å². The number of hydrogen-bond acceptors (Lipinski definition) is 2. The maximum atomic E-state index is 13.6. The summed E-state index contributed by atoms with van der Waals surface area (Å²) in [5.41, 5.74) is 2.34. The van der Waals surface area contributed by atoms with Gasteiger partial charge in [-0.25, -0.2) is 9.37 Å². The smallest absolute Gasteiger partial charge is 0.156 e. The number of aryl methyl sites for hydroxylation is 2. The van der Waals surface area contributed by atoms with Crippen LogP contribution in [0.15, 0.2) is 44.9 Å². The quantitative estimate of drug-likeness (QED) is 0.793. The third-order valence-corrected chi connectivity index (χ3v) is 3.92. The van der Waals surface area contributed by atoms with Crippen molar-refractivity contribution in [2.45, 2.75) is 23.8 Å². The van der Waals surface area contributed by atoms with Gasteiger partial charge in [0, 0.05) is 15.6 Å². The van der Waals surface area contributed by atoms with Crippen LogP contribution in [0.25, 0.3) is 0 Å². The third-order valence-electron chi connectivity index (χ3n) is 2.31. The van der Waals surface area contributed by atoms with Gasteiger partial charge in [-0.05, 0) is 47.5 Å². The summed E-state index contributed by atoms with van der Waals surface area (Å²) in [6.07, 6.45) is 1.61. The molecule has 2 aromatic rings. The van der Waals surface area contributed by atoms with Gasteiger partial charge < -0.3 is 0 Å². The molecule has 0 aliphatic rings. The molecule has 0 saturated carbocycles. The molecule has 17 heavy (non-hydrogen) atoms. The zero-order valence-electron chi connectivity index (χ0n) is 9.50. The Kier molecular flexibility index (Phi) is 3.84. The summed E-state index contributed by atoms with van der Waals surface area (Å²) in [6.45, 7) is 4.06. The fourth-order valence-corrected chi connectivity index (χ4v) is 2.62. The van der Waals surface area contributed by atoms with Gasteiger partial charge in [0.1, 0.15) is 5.03 Å². The molecule has 0 saturated heterocycles. The molecule has 0 N–H and O–H groups in total. The van der Waals surface area contributed by atoms with Gasteiger partial charge >= 0.3 is 0 Å². The van der Waals surface area contributed by atoms with Crippen molar-refractivity contribution >= 4 is 27.7 Å². The molecule has 0 aliphatic carbocycles. The molecular formula is C13H11BrFNS. The van der Waals surface area contributed by atoms with Crippen molar-refractivity contribution in [1.82, 2.24) is 4.98 Å². The Morgan fingerprint density at radius 1 is 1.24 bits per heavy atom. The van der Waals surface area contributed by atoms with Crippen LogP contribution < -0.4 is 0 Å². The number of rotatable bonds is 2. The van der Waals surface area contributed by atoms with Gasteiger partial charge in [0.05, 0.1) is 0 Å². The molecule has 0 fully saturated rings. The lowest BCUT2D eigenvalue weighted by Crippen LogP contribution is -1.88. The Morgan fingerprint density at radius 2 is 2.00 bits per heavy atom. The predicted octanol–water partition coefficient (Wildman–Crippen LogP) is 4.75. The molecule has 1 nitrogen and oxygen atoms in total. The van der Waals surface area contributed by atoms with E-state index in [2.05, 4.69) is 27.0 Å². The van der Waals surface area contributed by atoms with Gasteiger partial charge in [-0.2, -0.15) is 0 Å². The second kappa shape index (κ2) is 5.19. The molecule has 0 aliphatic heterocycles. The standard InChI is InChI=1S/C13H11BrFNS/c1-8-3-4-12(9(2)5-8)17-13-11(15)6-10(14)7-16-13/h3-7H,1-2H3. The molecular weight excluding hydrogens is 301 g/mol. The second-order valence-corrected chi connectivity index (χ2v) is 5.76. The van der Waals surface area contributed by atoms with Gasteiger partial charge in [0.25, 0.3) is 0 Å². The number of nitrogens with zero attached hydrogens (tertiary/aromatic N) is 1. The lowest BCUT2D eigenvalue weighted by molar-refractivity contribution is 0.586. The summed E-state index contributed by atoms with van der Waals surface area (Å²) in [6, 6.07) is 7.53. The maximum Gasteiger partial charge on any atom is 0.156 e. The van der Waals surface area contributed by atoms with Crippen LogP contribution in [0.4, 0.5) is 4.39 Å². The Morgan fingerprint density at radius 3 is 2.65 bits per heavy atom. The van der Waals surface area contributed by atoms with Crippen LogP contribution in [-0.2, 0) is 0 Å². The maximum absolute atomic E-state index is 13.6. The summed E-state index contributed by atoms with van der Waals surface area (Å²) in [5, 5.41) is 0.403. The minimum atomic E-state index is -0.302. The van der Waals surface area contributed by atoms with E-state index in [0.717, 1.165) is 10.5 Å². The van der Waals surface area contributed by atoms with E-state index >= 15 is 0 Å². The van der Waals surface area contributed by atoms with Crippen molar-refractivity contribution in [2.24, 2.45) is 0 Å². The van der Waals surface area contributed by atoms with Crippen molar-refractivity contribution < 1.29 is 4.39 Å². The lowest BCUT2D eigenvalue weighted by atomic mass is 10.2. The first-order valence-electron chi connectivity index (χ1n) is 5.12. The highest BCUT2D eigenvalue weighted by Crippen LogP contribution is 2.31. The molecule has 0 atom stereocenters. The number of benzene rings is 1. The molecule has 1 aromatic carbocycles. The highest BCUT2D eigenvalue weighted by molar-refractivity contribution is 9.10. The fourth-order valence-electron chi connectivity index (χ4n) is 1.50. The summed E-state index contributed by atoms with van der Waals surface area (Å²) >= 11 is 4.55. The number of pyridine rings is 1. The van der Waals surface area contributed by atoms with E-state index in [1.807, 2.05) is 26.0 Å². The second-order valence-electron chi connectivity index (χ2n) is 3.81. The van der Waals surface area contributed by atoms with E-state index in [0.29, 0.717) is 9.50 Å². The molecule has 0 radical (unpaired) electrons. The van der Waals surface area contributed by atoms with Crippen molar-refractivity contribution in [2.75, 3.05) is 0 Å². The Balaban J connectivity index is 2.31. The van der Waals surface area contributed by atoms with E-state index in [1.165, 1.54) is 23.4 Å². The van der Waals surface area contributed by atoms with Crippen LogP contribution in [0.1, 0.15) is 11.1 Å². The van der Waals surface area contributed by atoms with E-state index in [1.54, 1.807) is 6.20 Å². The molecule has 0 bridgehead atoms. The summed E-state index contributed by atoms with van der Waals surface area (Å²) in [4.78, 5) is 5.11. The van der Waals surface area contributed by atoms with Gasteiger partial charge in [0.15, 0.2) is 5.82 Å². The van der Waals surface area contributed by atoms with Crippen molar-refractivity contribution in [1.29, 1.82) is 0 Å². The van der Waals surface area contributed by atoms with Crippen LogP contribution in [-0.4, -0.2) is 4.98 Å². The van der Waals surface area contributed by atoms with Gasteiger partial charge in [-0.3, -0.25) is 0 Å².